The molecule has 1 aliphatic heterocycles. The van der Waals surface area contributed by atoms with E-state index in [1.54, 1.807) is 19.9 Å². The predicted molar refractivity (Wildman–Crippen MR) is 115 cm³/mol. The maximum Gasteiger partial charge on any atom is 0.315 e. The highest BCUT2D eigenvalue weighted by Crippen LogP contribution is 2.54. The lowest BCUT2D eigenvalue weighted by Gasteiger charge is -2.47. The lowest BCUT2D eigenvalue weighted by Crippen LogP contribution is -2.47. The van der Waals surface area contributed by atoms with Crippen LogP contribution in [0, 0.1) is 5.92 Å². The van der Waals surface area contributed by atoms with Gasteiger partial charge < -0.3 is 14.6 Å². The van der Waals surface area contributed by atoms with Gasteiger partial charge in [-0.25, -0.2) is 0 Å². The Hall–Kier alpha value is -1.31. The maximum atomic E-state index is 12.6. The average molecular weight is 500 g/mol. The first-order valence-electron chi connectivity index (χ1n) is 9.89. The summed E-state index contributed by atoms with van der Waals surface area (Å²) in [5.41, 5.74) is 0.00798. The molecule has 0 radical (unpaired) electrons. The minimum atomic E-state index is -0.912. The van der Waals surface area contributed by atoms with Crippen LogP contribution in [-0.2, 0) is 19.7 Å². The Morgan fingerprint density at radius 1 is 1.39 bits per heavy atom. The first-order valence-corrected chi connectivity index (χ1v) is 11.4. The number of carbonyl (C=O) groups is 2. The second-order valence-corrected chi connectivity index (χ2v) is 9.99. The maximum absolute atomic E-state index is 12.6. The van der Waals surface area contributed by atoms with Crippen LogP contribution in [0.1, 0.15) is 70.4 Å². The molecule has 5 nitrogen and oxygen atoms in total. The lowest BCUT2D eigenvalue weighted by molar-refractivity contribution is -0.149. The fourth-order valence-electron chi connectivity index (χ4n) is 4.45. The van der Waals surface area contributed by atoms with Gasteiger partial charge >= 0.3 is 5.97 Å². The Labute approximate surface area is 180 Å². The van der Waals surface area contributed by atoms with E-state index >= 15 is 0 Å². The molecule has 1 heterocycles. The fourth-order valence-corrected chi connectivity index (χ4v) is 4.76. The molecule has 2 atom stereocenters. The normalized spacial score (nSPS) is 23.4. The Morgan fingerprint density at radius 3 is 2.79 bits per heavy atom. The second-order valence-electron chi connectivity index (χ2n) is 8.91. The number of phenols is 1. The van der Waals surface area contributed by atoms with Crippen molar-refractivity contribution in [1.29, 1.82) is 0 Å². The summed E-state index contributed by atoms with van der Waals surface area (Å²) in [7, 11) is 0. The number of hydrogen-bond donors (Lipinski definition) is 1. The van der Waals surface area contributed by atoms with Crippen molar-refractivity contribution in [2.45, 2.75) is 70.3 Å². The number of benzene rings is 1. The number of ether oxygens (including phenoxy) is 2. The van der Waals surface area contributed by atoms with Crippen molar-refractivity contribution in [3.63, 3.8) is 0 Å². The van der Waals surface area contributed by atoms with Gasteiger partial charge in [-0.2, -0.15) is 0 Å². The largest absolute Gasteiger partial charge is 0.508 e. The minimum absolute atomic E-state index is 0.0484. The van der Waals surface area contributed by atoms with Crippen LogP contribution >= 0.6 is 22.6 Å². The van der Waals surface area contributed by atoms with E-state index in [-0.39, 0.29) is 29.3 Å². The van der Waals surface area contributed by atoms with Crippen LogP contribution < -0.4 is 4.74 Å². The van der Waals surface area contributed by atoms with Gasteiger partial charge in [0.2, 0.25) is 0 Å². The van der Waals surface area contributed by atoms with Crippen molar-refractivity contribution in [2.75, 3.05) is 11.0 Å². The van der Waals surface area contributed by atoms with Crippen molar-refractivity contribution in [1.82, 2.24) is 0 Å². The van der Waals surface area contributed by atoms with Crippen LogP contribution in [0.2, 0.25) is 0 Å². The lowest BCUT2D eigenvalue weighted by atomic mass is 9.66. The van der Waals surface area contributed by atoms with Gasteiger partial charge in [0.05, 0.1) is 12.0 Å². The average Bonchev–Trinajstić information content (AvgIpc) is 2.60. The number of phenolic OH excluding ortho intramolecular Hbond substituents is 1. The Kier molecular flexibility index (Phi) is 5.99. The number of carbonyl (C=O) groups excluding carboxylic acids is 2. The van der Waals surface area contributed by atoms with Crippen LogP contribution in [0.4, 0.5) is 0 Å². The van der Waals surface area contributed by atoms with Crippen molar-refractivity contribution < 1.29 is 24.2 Å². The molecule has 1 saturated carbocycles. The molecule has 0 aromatic heterocycles. The summed E-state index contributed by atoms with van der Waals surface area (Å²) in [5, 5.41) is 10.8. The number of halogens is 1. The smallest absolute Gasteiger partial charge is 0.315 e. The van der Waals surface area contributed by atoms with Crippen molar-refractivity contribution in [3.8, 4) is 11.5 Å². The molecule has 1 N–H and O–H groups in total. The summed E-state index contributed by atoms with van der Waals surface area (Å²) in [4.78, 5) is 24.7. The molecule has 1 aromatic rings. The summed E-state index contributed by atoms with van der Waals surface area (Å²) in [6.07, 6.45) is 2.58. The third kappa shape index (κ3) is 3.89. The number of aromatic hydroxyl groups is 1. The van der Waals surface area contributed by atoms with Crippen LogP contribution in [0.3, 0.4) is 0 Å². The van der Waals surface area contributed by atoms with Crippen LogP contribution in [0.25, 0.3) is 0 Å². The molecule has 1 fully saturated rings. The van der Waals surface area contributed by atoms with Crippen molar-refractivity contribution in [2.24, 2.45) is 5.92 Å². The zero-order valence-electron chi connectivity index (χ0n) is 17.0. The molecule has 2 aliphatic rings. The number of ketones is 1. The van der Waals surface area contributed by atoms with E-state index in [0.29, 0.717) is 36.3 Å². The Morgan fingerprint density at radius 2 is 2.11 bits per heavy atom. The molecular formula is C22H29IO5. The minimum Gasteiger partial charge on any atom is -0.508 e. The molecule has 0 amide bonds. The van der Waals surface area contributed by atoms with Gasteiger partial charge in [0.15, 0.2) is 0 Å². The van der Waals surface area contributed by atoms with Gasteiger partial charge in [-0.15, -0.1) is 0 Å². The van der Waals surface area contributed by atoms with Gasteiger partial charge in [0.1, 0.15) is 22.9 Å². The van der Waals surface area contributed by atoms with Crippen LogP contribution in [0.15, 0.2) is 12.1 Å². The highest BCUT2D eigenvalue weighted by atomic mass is 127. The van der Waals surface area contributed by atoms with E-state index in [0.717, 1.165) is 17.3 Å². The SMILES string of the molecule is CC(C)(C(=O)OCCCI)c1cc(O)c2c(c1)OC(C)(C)[C@@H]1CCC(=O)C[C@@H]21. The molecule has 0 unspecified atom stereocenters. The molecule has 154 valence electrons. The predicted octanol–water partition coefficient (Wildman–Crippen LogP) is 4.66. The molecule has 1 aromatic carbocycles. The van der Waals surface area contributed by atoms with Crippen molar-refractivity contribution >= 4 is 34.3 Å². The van der Waals surface area contributed by atoms with Gasteiger partial charge in [0.25, 0.3) is 0 Å². The molecule has 0 bridgehead atoms. The monoisotopic (exact) mass is 500 g/mol. The number of Topliss-reactive ketones (excluding diaryl/α,β-unsaturated/α-hetero) is 1. The van der Waals surface area contributed by atoms with Gasteiger partial charge in [-0.3, -0.25) is 9.59 Å². The zero-order valence-corrected chi connectivity index (χ0v) is 19.2. The first kappa shape index (κ1) is 21.4. The summed E-state index contributed by atoms with van der Waals surface area (Å²) < 4.78 is 12.6. The van der Waals surface area contributed by atoms with E-state index in [2.05, 4.69) is 22.6 Å². The summed E-state index contributed by atoms with van der Waals surface area (Å²) >= 11 is 2.25. The van der Waals surface area contributed by atoms with Gasteiger partial charge in [0, 0.05) is 34.7 Å². The number of esters is 1. The van der Waals surface area contributed by atoms with Crippen LogP contribution in [0.5, 0.6) is 11.5 Å². The zero-order chi connectivity index (χ0) is 20.7. The second kappa shape index (κ2) is 7.84. The quantitative estimate of drug-likeness (QED) is 0.276. The molecule has 6 heteroatoms. The van der Waals surface area contributed by atoms with Crippen molar-refractivity contribution in [3.05, 3.63) is 23.3 Å². The third-order valence-electron chi connectivity index (χ3n) is 6.17. The van der Waals surface area contributed by atoms with E-state index in [1.807, 2.05) is 19.9 Å². The van der Waals surface area contributed by atoms with Gasteiger partial charge in [-0.1, -0.05) is 22.6 Å². The number of alkyl halides is 1. The molecular weight excluding hydrogens is 471 g/mol. The van der Waals surface area contributed by atoms with E-state index in [4.69, 9.17) is 9.47 Å². The topological polar surface area (TPSA) is 72.8 Å². The molecule has 0 saturated heterocycles. The molecule has 0 spiro atoms. The van der Waals surface area contributed by atoms with Gasteiger partial charge in [-0.05, 0) is 58.2 Å². The first-order chi connectivity index (χ1) is 13.1. The Balaban J connectivity index is 1.98. The Bertz CT molecular complexity index is 783. The van der Waals surface area contributed by atoms with Crippen LogP contribution in [-0.4, -0.2) is 33.5 Å². The number of fused-ring (bicyclic) bond motifs is 3. The molecule has 3 rings (SSSR count). The molecule has 28 heavy (non-hydrogen) atoms. The van der Waals surface area contributed by atoms with E-state index in [9.17, 15) is 14.7 Å². The summed E-state index contributed by atoms with van der Waals surface area (Å²) in [5.74, 6) is 0.712. The van der Waals surface area contributed by atoms with E-state index < -0.39 is 11.0 Å². The molecule has 1 aliphatic carbocycles. The summed E-state index contributed by atoms with van der Waals surface area (Å²) in [6, 6.07) is 3.47. The summed E-state index contributed by atoms with van der Waals surface area (Å²) in [6.45, 7) is 8.05. The number of rotatable bonds is 5. The number of hydrogen-bond acceptors (Lipinski definition) is 5. The fraction of sp³-hybridized carbons (Fsp3) is 0.636. The van der Waals surface area contributed by atoms with E-state index in [1.165, 1.54) is 0 Å². The highest BCUT2D eigenvalue weighted by Gasteiger charge is 2.48. The standard InChI is InChI=1S/C22H29IO5/c1-21(2,20(26)27-9-5-8-23)13-10-17(25)19-15-12-14(24)6-7-16(15)22(3,4)28-18(19)11-13/h10-11,15-16,25H,5-9,12H2,1-4H3/t15-,16-/m1/s1. The third-order valence-corrected chi connectivity index (χ3v) is 6.93. The highest BCUT2D eigenvalue weighted by molar-refractivity contribution is 14.1.